The quantitative estimate of drug-likeness (QED) is 0.860. The van der Waals surface area contributed by atoms with Gasteiger partial charge < -0.3 is 5.32 Å². The zero-order valence-electron chi connectivity index (χ0n) is 10.8. The summed E-state index contributed by atoms with van der Waals surface area (Å²) in [5.41, 5.74) is 0.157. The lowest BCUT2D eigenvalue weighted by molar-refractivity contribution is -0.115. The van der Waals surface area contributed by atoms with Crippen molar-refractivity contribution >= 4 is 23.4 Å². The molecule has 0 unspecified atom stereocenters. The van der Waals surface area contributed by atoms with E-state index in [1.165, 1.54) is 36.0 Å². The van der Waals surface area contributed by atoms with Crippen LogP contribution in [0.3, 0.4) is 0 Å². The smallest absolute Gasteiger partial charge is 0.237 e. The highest BCUT2D eigenvalue weighted by molar-refractivity contribution is 8.00. The van der Waals surface area contributed by atoms with Crippen LogP contribution in [0.5, 0.6) is 0 Å². The van der Waals surface area contributed by atoms with Crippen molar-refractivity contribution < 1.29 is 13.6 Å². The van der Waals surface area contributed by atoms with Crippen LogP contribution in [0.1, 0.15) is 6.92 Å². The third-order valence-corrected chi connectivity index (χ3v) is 3.74. The maximum Gasteiger partial charge on any atom is 0.237 e. The first-order valence-electron chi connectivity index (χ1n) is 6.04. The number of halogens is 2. The Morgan fingerprint density at radius 1 is 1.10 bits per heavy atom. The molecule has 2 aromatic rings. The number of carbonyl (C=O) groups excluding carboxylic acids is 1. The Morgan fingerprint density at radius 3 is 2.40 bits per heavy atom. The lowest BCUT2D eigenvalue weighted by Crippen LogP contribution is -2.22. The van der Waals surface area contributed by atoms with Gasteiger partial charge in [0, 0.05) is 4.90 Å². The Labute approximate surface area is 120 Å². The van der Waals surface area contributed by atoms with Crippen LogP contribution in [0.25, 0.3) is 0 Å². The van der Waals surface area contributed by atoms with Crippen molar-refractivity contribution in [2.45, 2.75) is 17.1 Å². The molecule has 1 N–H and O–H groups in total. The minimum absolute atomic E-state index is 0.157. The predicted octanol–water partition coefficient (Wildman–Crippen LogP) is 4.08. The molecule has 0 fully saturated rings. The number of para-hydroxylation sites is 1. The number of thioether (sulfide) groups is 1. The average molecular weight is 293 g/mol. The van der Waals surface area contributed by atoms with Gasteiger partial charge in [-0.25, -0.2) is 8.78 Å². The predicted molar refractivity (Wildman–Crippen MR) is 76.7 cm³/mol. The second-order valence-corrected chi connectivity index (χ2v) is 5.60. The van der Waals surface area contributed by atoms with Crippen LogP contribution in [-0.4, -0.2) is 11.2 Å². The number of anilines is 1. The summed E-state index contributed by atoms with van der Waals surface area (Å²) in [5, 5.41) is 2.12. The maximum atomic E-state index is 13.4. The maximum absolute atomic E-state index is 13.4. The Bertz CT molecular complexity index is 601. The van der Waals surface area contributed by atoms with E-state index in [2.05, 4.69) is 5.32 Å². The normalized spacial score (nSPS) is 11.9. The van der Waals surface area contributed by atoms with E-state index in [1.807, 2.05) is 0 Å². The summed E-state index contributed by atoms with van der Waals surface area (Å²) in [7, 11) is 0. The third-order valence-electron chi connectivity index (χ3n) is 2.63. The lowest BCUT2D eigenvalue weighted by atomic mass is 10.3. The van der Waals surface area contributed by atoms with Gasteiger partial charge in [-0.3, -0.25) is 4.79 Å². The molecule has 0 radical (unpaired) electrons. The van der Waals surface area contributed by atoms with Crippen molar-refractivity contribution in [3.63, 3.8) is 0 Å². The molecule has 5 heteroatoms. The second kappa shape index (κ2) is 6.52. The van der Waals surface area contributed by atoms with Crippen LogP contribution in [0.15, 0.2) is 53.4 Å². The van der Waals surface area contributed by atoms with Crippen molar-refractivity contribution in [3.8, 4) is 0 Å². The first-order valence-corrected chi connectivity index (χ1v) is 6.92. The van der Waals surface area contributed by atoms with Crippen molar-refractivity contribution in [3.05, 3.63) is 60.2 Å². The van der Waals surface area contributed by atoms with Gasteiger partial charge >= 0.3 is 0 Å². The Balaban J connectivity index is 1.99. The van der Waals surface area contributed by atoms with Gasteiger partial charge in [-0.2, -0.15) is 0 Å². The van der Waals surface area contributed by atoms with Crippen LogP contribution in [0.4, 0.5) is 14.5 Å². The molecule has 0 saturated carbocycles. The molecule has 0 saturated heterocycles. The molecule has 2 aromatic carbocycles. The van der Waals surface area contributed by atoms with Crippen LogP contribution >= 0.6 is 11.8 Å². The summed E-state index contributed by atoms with van der Waals surface area (Å²) in [6.07, 6.45) is 0. The fourth-order valence-corrected chi connectivity index (χ4v) is 2.44. The molecular weight excluding hydrogens is 280 g/mol. The van der Waals surface area contributed by atoms with Gasteiger partial charge in [-0.05, 0) is 43.3 Å². The Hall–Kier alpha value is -1.88. The number of hydrogen-bond acceptors (Lipinski definition) is 2. The molecule has 0 aromatic heterocycles. The first kappa shape index (κ1) is 14.5. The molecule has 2 rings (SSSR count). The highest BCUT2D eigenvalue weighted by atomic mass is 32.2. The van der Waals surface area contributed by atoms with Crippen LogP contribution in [0.2, 0.25) is 0 Å². The van der Waals surface area contributed by atoms with Gasteiger partial charge in [-0.1, -0.05) is 12.1 Å². The summed E-state index contributed by atoms with van der Waals surface area (Å²) < 4.78 is 26.2. The van der Waals surface area contributed by atoms with Gasteiger partial charge in [0.1, 0.15) is 11.6 Å². The molecule has 104 valence electrons. The van der Waals surface area contributed by atoms with Gasteiger partial charge in [0.05, 0.1) is 10.9 Å². The van der Waals surface area contributed by atoms with E-state index in [-0.39, 0.29) is 17.4 Å². The summed E-state index contributed by atoms with van der Waals surface area (Å²) >= 11 is 1.28. The minimum Gasteiger partial charge on any atom is -0.323 e. The van der Waals surface area contributed by atoms with Crippen LogP contribution in [-0.2, 0) is 4.79 Å². The van der Waals surface area contributed by atoms with Gasteiger partial charge in [0.2, 0.25) is 5.91 Å². The molecule has 0 spiro atoms. The molecule has 0 heterocycles. The second-order valence-electron chi connectivity index (χ2n) is 4.18. The molecule has 20 heavy (non-hydrogen) atoms. The zero-order chi connectivity index (χ0) is 14.5. The number of carbonyl (C=O) groups is 1. The van der Waals surface area contributed by atoms with Crippen molar-refractivity contribution in [2.24, 2.45) is 0 Å². The molecule has 0 aliphatic carbocycles. The number of amides is 1. The minimum atomic E-state index is -0.472. The summed E-state index contributed by atoms with van der Waals surface area (Å²) in [5.74, 6) is -1.10. The molecule has 0 bridgehead atoms. The van der Waals surface area contributed by atoms with Gasteiger partial charge in [0.15, 0.2) is 0 Å². The number of benzene rings is 2. The molecule has 0 aliphatic rings. The summed E-state index contributed by atoms with van der Waals surface area (Å²) in [4.78, 5) is 12.7. The van der Waals surface area contributed by atoms with Gasteiger partial charge in [0.25, 0.3) is 0 Å². The van der Waals surface area contributed by atoms with E-state index < -0.39 is 11.1 Å². The number of hydrogen-bond donors (Lipinski definition) is 1. The summed E-state index contributed by atoms with van der Waals surface area (Å²) in [6.45, 7) is 1.71. The van der Waals surface area contributed by atoms with Crippen molar-refractivity contribution in [1.82, 2.24) is 0 Å². The molecule has 2 nitrogen and oxygen atoms in total. The van der Waals surface area contributed by atoms with Crippen LogP contribution < -0.4 is 5.32 Å². The van der Waals surface area contributed by atoms with E-state index in [0.29, 0.717) is 0 Å². The fraction of sp³-hybridized carbons (Fsp3) is 0.133. The Morgan fingerprint density at radius 2 is 1.75 bits per heavy atom. The molecule has 1 amide bonds. The van der Waals surface area contributed by atoms with E-state index in [4.69, 9.17) is 0 Å². The van der Waals surface area contributed by atoms with E-state index >= 15 is 0 Å². The van der Waals surface area contributed by atoms with Crippen LogP contribution in [0, 0.1) is 11.6 Å². The monoisotopic (exact) mass is 293 g/mol. The van der Waals surface area contributed by atoms with Crippen molar-refractivity contribution in [1.29, 1.82) is 0 Å². The molecule has 0 aliphatic heterocycles. The zero-order valence-corrected chi connectivity index (χ0v) is 11.6. The van der Waals surface area contributed by atoms with E-state index in [0.717, 1.165) is 4.90 Å². The first-order chi connectivity index (χ1) is 9.56. The third kappa shape index (κ3) is 3.81. The SMILES string of the molecule is C[C@@H](Sc1ccc(F)cc1)C(=O)Nc1ccccc1F. The number of nitrogens with one attached hydrogen (secondary N) is 1. The standard InChI is InChI=1S/C15H13F2NOS/c1-10(20-12-8-6-11(16)7-9-12)15(19)18-14-5-3-2-4-13(14)17/h2-10H,1H3,(H,18,19)/t10-/m1/s1. The molecular formula is C15H13F2NOS. The average Bonchev–Trinajstić information content (AvgIpc) is 2.44. The Kier molecular flexibility index (Phi) is 4.74. The highest BCUT2D eigenvalue weighted by Crippen LogP contribution is 2.24. The van der Waals surface area contributed by atoms with Gasteiger partial charge in [-0.15, -0.1) is 11.8 Å². The highest BCUT2D eigenvalue weighted by Gasteiger charge is 2.15. The molecule has 1 atom stereocenters. The topological polar surface area (TPSA) is 29.1 Å². The lowest BCUT2D eigenvalue weighted by Gasteiger charge is -2.12. The largest absolute Gasteiger partial charge is 0.323 e. The summed E-state index contributed by atoms with van der Waals surface area (Å²) in [6, 6.07) is 11.9. The fourth-order valence-electron chi connectivity index (χ4n) is 1.57. The number of rotatable bonds is 4. The van der Waals surface area contributed by atoms with Crippen molar-refractivity contribution in [2.75, 3.05) is 5.32 Å². The van der Waals surface area contributed by atoms with E-state index in [1.54, 1.807) is 31.2 Å². The van der Waals surface area contributed by atoms with E-state index in [9.17, 15) is 13.6 Å².